The molecule has 0 spiro atoms. The van der Waals surface area contributed by atoms with Crippen LogP contribution in [0.5, 0.6) is 5.75 Å². The van der Waals surface area contributed by atoms with E-state index in [0.717, 1.165) is 10.7 Å². The van der Waals surface area contributed by atoms with E-state index in [0.29, 0.717) is 30.4 Å². The molecule has 3 rings (SSSR count). The summed E-state index contributed by atoms with van der Waals surface area (Å²) in [7, 11) is 0. The van der Waals surface area contributed by atoms with E-state index >= 15 is 0 Å². The molecular formula is C19H24N2O2S. The van der Waals surface area contributed by atoms with Gasteiger partial charge in [0.25, 0.3) is 5.91 Å². The number of amides is 1. The molecule has 2 aromatic rings. The van der Waals surface area contributed by atoms with Crippen molar-refractivity contribution in [2.45, 2.75) is 45.6 Å². The molecular weight excluding hydrogens is 320 g/mol. The first-order valence-electron chi connectivity index (χ1n) is 8.38. The van der Waals surface area contributed by atoms with Crippen molar-refractivity contribution < 1.29 is 9.53 Å². The fourth-order valence-electron chi connectivity index (χ4n) is 2.27. The molecule has 1 aromatic heterocycles. The van der Waals surface area contributed by atoms with Crippen LogP contribution in [-0.4, -0.2) is 17.5 Å². The zero-order chi connectivity index (χ0) is 17.2. The van der Waals surface area contributed by atoms with Gasteiger partial charge in [0.05, 0.1) is 29.4 Å². The number of hydrogen-bond donors (Lipinski definition) is 1. The van der Waals surface area contributed by atoms with E-state index in [1.807, 2.05) is 23.6 Å². The standard InChI is InChI=1S/C19H24N2O2S/c1-19(2,3)18-21-14(12-24-18)10-20-17(22)15-6-4-5-7-16(15)23-11-13-8-9-13/h4-7,12-13H,8-11H2,1-3H3,(H,20,22). The van der Waals surface area contributed by atoms with Gasteiger partial charge in [0, 0.05) is 10.8 Å². The van der Waals surface area contributed by atoms with E-state index in [4.69, 9.17) is 4.74 Å². The molecule has 0 atom stereocenters. The van der Waals surface area contributed by atoms with Crippen molar-refractivity contribution in [3.8, 4) is 5.75 Å². The van der Waals surface area contributed by atoms with Gasteiger partial charge in [0.15, 0.2) is 0 Å². The van der Waals surface area contributed by atoms with Crippen molar-refractivity contribution in [3.05, 3.63) is 45.9 Å². The Bertz CT molecular complexity index is 714. The summed E-state index contributed by atoms with van der Waals surface area (Å²) in [5.74, 6) is 1.20. The van der Waals surface area contributed by atoms with Gasteiger partial charge in [-0.25, -0.2) is 4.98 Å². The second-order valence-electron chi connectivity index (χ2n) is 7.33. The lowest BCUT2D eigenvalue weighted by Gasteiger charge is -2.13. The minimum absolute atomic E-state index is 0.0379. The number of para-hydroxylation sites is 1. The highest BCUT2D eigenvalue weighted by atomic mass is 32.1. The fourth-order valence-corrected chi connectivity index (χ4v) is 3.18. The molecule has 1 saturated carbocycles. The smallest absolute Gasteiger partial charge is 0.255 e. The number of carbonyl (C=O) groups excluding carboxylic acids is 1. The molecule has 5 heteroatoms. The van der Waals surface area contributed by atoms with Crippen molar-refractivity contribution in [3.63, 3.8) is 0 Å². The minimum Gasteiger partial charge on any atom is -0.492 e. The van der Waals surface area contributed by atoms with Crippen LogP contribution in [0.1, 0.15) is 54.7 Å². The van der Waals surface area contributed by atoms with Gasteiger partial charge in [0.1, 0.15) is 5.75 Å². The fraction of sp³-hybridized carbons (Fsp3) is 0.474. The van der Waals surface area contributed by atoms with Crippen molar-refractivity contribution >= 4 is 17.2 Å². The summed E-state index contributed by atoms with van der Waals surface area (Å²) >= 11 is 1.64. The number of nitrogens with one attached hydrogen (secondary N) is 1. The average molecular weight is 344 g/mol. The lowest BCUT2D eigenvalue weighted by Crippen LogP contribution is -2.24. The Hall–Kier alpha value is -1.88. The highest BCUT2D eigenvalue weighted by Gasteiger charge is 2.23. The molecule has 1 heterocycles. The molecule has 24 heavy (non-hydrogen) atoms. The van der Waals surface area contributed by atoms with E-state index in [1.165, 1.54) is 12.8 Å². The number of nitrogens with zero attached hydrogens (tertiary/aromatic N) is 1. The Labute approximate surface area is 147 Å². The molecule has 0 saturated heterocycles. The van der Waals surface area contributed by atoms with Gasteiger partial charge in [-0.2, -0.15) is 0 Å². The maximum Gasteiger partial charge on any atom is 0.255 e. The highest BCUT2D eigenvalue weighted by Crippen LogP contribution is 2.30. The molecule has 1 amide bonds. The third-order valence-corrected chi connectivity index (χ3v) is 5.24. The van der Waals surface area contributed by atoms with E-state index in [2.05, 4.69) is 31.1 Å². The maximum atomic E-state index is 12.5. The van der Waals surface area contributed by atoms with Crippen LogP contribution in [-0.2, 0) is 12.0 Å². The summed E-state index contributed by atoms with van der Waals surface area (Å²) in [4.78, 5) is 17.1. The van der Waals surface area contributed by atoms with Crippen molar-refractivity contribution in [2.75, 3.05) is 6.61 Å². The van der Waals surface area contributed by atoms with Gasteiger partial charge < -0.3 is 10.1 Å². The first kappa shape index (κ1) is 17.0. The predicted molar refractivity (Wildman–Crippen MR) is 96.6 cm³/mol. The number of ether oxygens (including phenoxy) is 1. The van der Waals surface area contributed by atoms with Crippen LogP contribution in [0.3, 0.4) is 0 Å². The Morgan fingerprint density at radius 2 is 2.08 bits per heavy atom. The van der Waals surface area contributed by atoms with Gasteiger partial charge in [-0.15, -0.1) is 11.3 Å². The zero-order valence-corrected chi connectivity index (χ0v) is 15.3. The second-order valence-corrected chi connectivity index (χ2v) is 8.19. The number of aromatic nitrogens is 1. The minimum atomic E-state index is -0.119. The van der Waals surface area contributed by atoms with Crippen LogP contribution < -0.4 is 10.1 Å². The van der Waals surface area contributed by atoms with E-state index in [9.17, 15) is 4.79 Å². The molecule has 1 aliphatic carbocycles. The molecule has 1 aliphatic rings. The molecule has 1 N–H and O–H groups in total. The number of rotatable bonds is 6. The monoisotopic (exact) mass is 344 g/mol. The molecule has 0 bridgehead atoms. The third-order valence-electron chi connectivity index (χ3n) is 3.93. The number of hydrogen-bond acceptors (Lipinski definition) is 4. The quantitative estimate of drug-likeness (QED) is 0.856. The van der Waals surface area contributed by atoms with Gasteiger partial charge in [0.2, 0.25) is 0 Å². The normalized spacial score (nSPS) is 14.5. The van der Waals surface area contributed by atoms with Gasteiger partial charge in [-0.3, -0.25) is 4.79 Å². The lowest BCUT2D eigenvalue weighted by molar-refractivity contribution is 0.0946. The molecule has 0 aliphatic heterocycles. The predicted octanol–water partition coefficient (Wildman–Crippen LogP) is 4.16. The summed E-state index contributed by atoms with van der Waals surface area (Å²) in [6.07, 6.45) is 2.46. The van der Waals surface area contributed by atoms with Crippen LogP contribution >= 0.6 is 11.3 Å². The Morgan fingerprint density at radius 3 is 2.75 bits per heavy atom. The maximum absolute atomic E-state index is 12.5. The third kappa shape index (κ3) is 4.35. The summed E-state index contributed by atoms with van der Waals surface area (Å²) in [5, 5.41) is 6.04. The van der Waals surface area contributed by atoms with Crippen molar-refractivity contribution in [1.29, 1.82) is 0 Å². The van der Waals surface area contributed by atoms with Crippen LogP contribution in [0.4, 0.5) is 0 Å². The topological polar surface area (TPSA) is 51.2 Å². The largest absolute Gasteiger partial charge is 0.492 e. The van der Waals surface area contributed by atoms with Crippen LogP contribution in [0.2, 0.25) is 0 Å². The molecule has 1 fully saturated rings. The summed E-state index contributed by atoms with van der Waals surface area (Å²) < 4.78 is 5.81. The number of carbonyl (C=O) groups is 1. The average Bonchev–Trinajstić information content (AvgIpc) is 3.25. The number of benzene rings is 1. The van der Waals surface area contributed by atoms with Crippen LogP contribution in [0, 0.1) is 5.92 Å². The molecule has 0 unspecified atom stereocenters. The molecule has 0 radical (unpaired) electrons. The van der Waals surface area contributed by atoms with Crippen molar-refractivity contribution in [2.24, 2.45) is 5.92 Å². The highest BCUT2D eigenvalue weighted by molar-refractivity contribution is 7.09. The van der Waals surface area contributed by atoms with Crippen molar-refractivity contribution in [1.82, 2.24) is 10.3 Å². The first-order chi connectivity index (χ1) is 11.4. The van der Waals surface area contributed by atoms with E-state index in [1.54, 1.807) is 17.4 Å². The summed E-state index contributed by atoms with van der Waals surface area (Å²) in [6.45, 7) is 7.55. The van der Waals surface area contributed by atoms with E-state index in [-0.39, 0.29) is 11.3 Å². The Kier molecular flexibility index (Phi) is 4.90. The van der Waals surface area contributed by atoms with Gasteiger partial charge in [-0.1, -0.05) is 32.9 Å². The van der Waals surface area contributed by atoms with Crippen LogP contribution in [0.25, 0.3) is 0 Å². The Morgan fingerprint density at radius 1 is 1.33 bits per heavy atom. The Balaban J connectivity index is 1.61. The molecule has 1 aromatic carbocycles. The zero-order valence-electron chi connectivity index (χ0n) is 14.5. The van der Waals surface area contributed by atoms with Gasteiger partial charge in [-0.05, 0) is 30.9 Å². The number of thiazole rings is 1. The summed E-state index contributed by atoms with van der Waals surface area (Å²) in [5.41, 5.74) is 1.52. The SMILES string of the molecule is CC(C)(C)c1nc(CNC(=O)c2ccccc2OCC2CC2)cs1. The molecule has 4 nitrogen and oxygen atoms in total. The second kappa shape index (κ2) is 6.93. The summed E-state index contributed by atoms with van der Waals surface area (Å²) in [6, 6.07) is 7.42. The molecule has 128 valence electrons. The first-order valence-corrected chi connectivity index (χ1v) is 9.26. The lowest BCUT2D eigenvalue weighted by atomic mass is 9.98. The van der Waals surface area contributed by atoms with Gasteiger partial charge >= 0.3 is 0 Å². The van der Waals surface area contributed by atoms with Crippen LogP contribution in [0.15, 0.2) is 29.6 Å². The van der Waals surface area contributed by atoms with E-state index < -0.39 is 0 Å².